The fraction of sp³-hybridized carbons (Fsp3) is 0.778. The van der Waals surface area contributed by atoms with Crippen LogP contribution in [0.15, 0.2) is 0 Å². The quantitative estimate of drug-likeness (QED) is 0.475. The molecule has 0 saturated heterocycles. The van der Waals surface area contributed by atoms with Gasteiger partial charge in [0.25, 0.3) is 0 Å². The van der Waals surface area contributed by atoms with Crippen LogP contribution in [0, 0.1) is 0 Å². The molecule has 76 valence electrons. The van der Waals surface area contributed by atoms with E-state index in [1.165, 1.54) is 0 Å². The molecule has 1 N–H and O–H groups in total. The zero-order valence-corrected chi connectivity index (χ0v) is 8.21. The number of nitrogens with one attached hydrogen (secondary N) is 1. The first kappa shape index (κ1) is 11.9. The van der Waals surface area contributed by atoms with E-state index in [-0.39, 0.29) is 5.97 Å². The summed E-state index contributed by atoms with van der Waals surface area (Å²) in [5, 5.41) is 2.44. The molecule has 0 bridgehead atoms. The second-order valence-corrected chi connectivity index (χ2v) is 2.79. The standard InChI is InChI=1S/C9H17NO3/c1-3-5-8(10-7-11)9(12)13-6-4-2/h7-8H,3-6H2,1-2H3,(H,10,11). The Balaban J connectivity index is 3.87. The van der Waals surface area contributed by atoms with Crippen LogP contribution < -0.4 is 5.32 Å². The van der Waals surface area contributed by atoms with Crippen molar-refractivity contribution in [3.8, 4) is 0 Å². The van der Waals surface area contributed by atoms with Gasteiger partial charge < -0.3 is 10.1 Å². The molecular formula is C9H17NO3. The molecule has 0 heterocycles. The molecular weight excluding hydrogens is 170 g/mol. The molecule has 0 aliphatic carbocycles. The number of ether oxygens (including phenoxy) is 1. The highest BCUT2D eigenvalue weighted by atomic mass is 16.5. The Hall–Kier alpha value is -1.06. The minimum absolute atomic E-state index is 0.337. The maximum atomic E-state index is 11.2. The fourth-order valence-electron chi connectivity index (χ4n) is 0.943. The number of carbonyl (C=O) groups excluding carboxylic acids is 2. The van der Waals surface area contributed by atoms with E-state index in [4.69, 9.17) is 4.74 Å². The van der Waals surface area contributed by atoms with Crippen LogP contribution in [0.25, 0.3) is 0 Å². The molecule has 1 amide bonds. The Morgan fingerprint density at radius 3 is 2.62 bits per heavy atom. The number of hydrogen-bond acceptors (Lipinski definition) is 3. The molecule has 0 rings (SSSR count). The van der Waals surface area contributed by atoms with Crippen molar-refractivity contribution < 1.29 is 14.3 Å². The van der Waals surface area contributed by atoms with E-state index in [9.17, 15) is 9.59 Å². The highest BCUT2D eigenvalue weighted by molar-refractivity contribution is 5.78. The van der Waals surface area contributed by atoms with Crippen molar-refractivity contribution in [3.05, 3.63) is 0 Å². The summed E-state index contributed by atoms with van der Waals surface area (Å²) in [4.78, 5) is 21.4. The Kier molecular flexibility index (Phi) is 6.96. The monoisotopic (exact) mass is 187 g/mol. The van der Waals surface area contributed by atoms with Crippen molar-refractivity contribution in [1.29, 1.82) is 0 Å². The number of carbonyl (C=O) groups is 2. The van der Waals surface area contributed by atoms with Gasteiger partial charge in [0.05, 0.1) is 6.61 Å². The smallest absolute Gasteiger partial charge is 0.328 e. The summed E-state index contributed by atoms with van der Waals surface area (Å²) in [6.07, 6.45) is 2.80. The van der Waals surface area contributed by atoms with Crippen LogP contribution >= 0.6 is 0 Å². The van der Waals surface area contributed by atoms with Crippen LogP contribution in [-0.4, -0.2) is 25.0 Å². The average molecular weight is 187 g/mol. The topological polar surface area (TPSA) is 55.4 Å². The van der Waals surface area contributed by atoms with Crippen LogP contribution in [-0.2, 0) is 14.3 Å². The molecule has 0 aliphatic heterocycles. The SMILES string of the molecule is CCCOC(=O)C(CCC)NC=O. The molecule has 4 nitrogen and oxygen atoms in total. The summed E-state index contributed by atoms with van der Waals surface area (Å²) in [6, 6.07) is -0.478. The van der Waals surface area contributed by atoms with Gasteiger partial charge in [0.2, 0.25) is 6.41 Å². The van der Waals surface area contributed by atoms with E-state index < -0.39 is 6.04 Å². The van der Waals surface area contributed by atoms with Crippen molar-refractivity contribution in [3.63, 3.8) is 0 Å². The van der Waals surface area contributed by atoms with Crippen molar-refractivity contribution in [2.24, 2.45) is 0 Å². The third-order valence-corrected chi connectivity index (χ3v) is 1.58. The first-order valence-corrected chi connectivity index (χ1v) is 4.62. The Morgan fingerprint density at radius 2 is 2.15 bits per heavy atom. The third-order valence-electron chi connectivity index (χ3n) is 1.58. The van der Waals surface area contributed by atoms with Gasteiger partial charge in [0.1, 0.15) is 6.04 Å². The summed E-state index contributed by atoms with van der Waals surface area (Å²) < 4.78 is 4.90. The second kappa shape index (κ2) is 7.58. The summed E-state index contributed by atoms with van der Waals surface area (Å²) in [5.41, 5.74) is 0. The molecule has 1 unspecified atom stereocenters. The van der Waals surface area contributed by atoms with Crippen LogP contribution in [0.2, 0.25) is 0 Å². The number of rotatable bonds is 7. The summed E-state index contributed by atoms with van der Waals surface area (Å²) >= 11 is 0. The highest BCUT2D eigenvalue weighted by Gasteiger charge is 2.17. The first-order chi connectivity index (χ1) is 6.26. The van der Waals surface area contributed by atoms with Gasteiger partial charge in [-0.15, -0.1) is 0 Å². The van der Waals surface area contributed by atoms with E-state index in [1.54, 1.807) is 0 Å². The van der Waals surface area contributed by atoms with Crippen molar-refractivity contribution in [2.75, 3.05) is 6.61 Å². The lowest BCUT2D eigenvalue weighted by Crippen LogP contribution is -2.37. The van der Waals surface area contributed by atoms with Crippen molar-refractivity contribution in [1.82, 2.24) is 5.32 Å². The van der Waals surface area contributed by atoms with Crippen molar-refractivity contribution in [2.45, 2.75) is 39.2 Å². The molecule has 0 aromatic carbocycles. The lowest BCUT2D eigenvalue weighted by molar-refractivity contribution is -0.147. The Morgan fingerprint density at radius 1 is 1.46 bits per heavy atom. The maximum Gasteiger partial charge on any atom is 0.328 e. The molecule has 0 spiro atoms. The summed E-state index contributed by atoms with van der Waals surface area (Å²) in [5.74, 6) is -0.337. The molecule has 0 radical (unpaired) electrons. The molecule has 0 aromatic rings. The van der Waals surface area contributed by atoms with Gasteiger partial charge >= 0.3 is 5.97 Å². The van der Waals surface area contributed by atoms with Gasteiger partial charge in [0.15, 0.2) is 0 Å². The minimum Gasteiger partial charge on any atom is -0.464 e. The Labute approximate surface area is 78.6 Å². The third kappa shape index (κ3) is 5.22. The van der Waals surface area contributed by atoms with Crippen LogP contribution in [0.1, 0.15) is 33.1 Å². The largest absolute Gasteiger partial charge is 0.464 e. The van der Waals surface area contributed by atoms with Crippen LogP contribution in [0.5, 0.6) is 0 Å². The normalized spacial score (nSPS) is 11.8. The molecule has 13 heavy (non-hydrogen) atoms. The van der Waals surface area contributed by atoms with Crippen LogP contribution in [0.3, 0.4) is 0 Å². The van der Waals surface area contributed by atoms with Crippen molar-refractivity contribution >= 4 is 12.4 Å². The lowest BCUT2D eigenvalue weighted by Gasteiger charge is -2.13. The Bertz CT molecular complexity index is 159. The van der Waals surface area contributed by atoms with Gasteiger partial charge in [-0.2, -0.15) is 0 Å². The summed E-state index contributed by atoms with van der Waals surface area (Å²) in [6.45, 7) is 4.29. The van der Waals surface area contributed by atoms with E-state index in [2.05, 4.69) is 5.32 Å². The zero-order chi connectivity index (χ0) is 10.1. The average Bonchev–Trinajstić information content (AvgIpc) is 2.14. The molecule has 0 aromatic heterocycles. The highest BCUT2D eigenvalue weighted by Crippen LogP contribution is 1.99. The first-order valence-electron chi connectivity index (χ1n) is 4.62. The van der Waals surface area contributed by atoms with Gasteiger partial charge in [-0.3, -0.25) is 4.79 Å². The predicted octanol–water partition coefficient (Wildman–Crippen LogP) is 0.854. The van der Waals surface area contributed by atoms with E-state index in [1.807, 2.05) is 13.8 Å². The van der Waals surface area contributed by atoms with Crippen LogP contribution in [0.4, 0.5) is 0 Å². The second-order valence-electron chi connectivity index (χ2n) is 2.79. The molecule has 1 atom stereocenters. The van der Waals surface area contributed by atoms with E-state index >= 15 is 0 Å². The summed E-state index contributed by atoms with van der Waals surface area (Å²) in [7, 11) is 0. The van der Waals surface area contributed by atoms with Gasteiger partial charge in [-0.25, -0.2) is 4.79 Å². The molecule has 0 fully saturated rings. The minimum atomic E-state index is -0.478. The zero-order valence-electron chi connectivity index (χ0n) is 8.21. The maximum absolute atomic E-state index is 11.2. The molecule has 0 aliphatic rings. The fourth-order valence-corrected chi connectivity index (χ4v) is 0.943. The number of amides is 1. The van der Waals surface area contributed by atoms with E-state index in [0.717, 1.165) is 12.8 Å². The molecule has 0 saturated carbocycles. The van der Waals surface area contributed by atoms with Gasteiger partial charge in [0, 0.05) is 0 Å². The molecule has 4 heteroatoms. The van der Waals surface area contributed by atoms with Gasteiger partial charge in [-0.05, 0) is 12.8 Å². The van der Waals surface area contributed by atoms with E-state index in [0.29, 0.717) is 19.4 Å². The lowest BCUT2D eigenvalue weighted by atomic mass is 10.2. The number of esters is 1. The predicted molar refractivity (Wildman–Crippen MR) is 49.1 cm³/mol. The van der Waals surface area contributed by atoms with Gasteiger partial charge in [-0.1, -0.05) is 20.3 Å². The number of hydrogen-bond donors (Lipinski definition) is 1.